The van der Waals surface area contributed by atoms with Crippen molar-refractivity contribution < 1.29 is 34.0 Å². The van der Waals surface area contributed by atoms with Gasteiger partial charge in [-0.3, -0.25) is 0 Å². The highest BCUT2D eigenvalue weighted by atomic mass is 79.9. The summed E-state index contributed by atoms with van der Waals surface area (Å²) < 4.78 is 17.0. The van der Waals surface area contributed by atoms with Crippen molar-refractivity contribution in [2.75, 3.05) is 46.6 Å². The Labute approximate surface area is 155 Å². The van der Waals surface area contributed by atoms with Crippen LogP contribution in [0.4, 0.5) is 0 Å². The zero-order valence-electron chi connectivity index (χ0n) is 14.1. The molecule has 3 N–H and O–H groups in total. The van der Waals surface area contributed by atoms with Crippen molar-refractivity contribution in [3.63, 3.8) is 0 Å². The number of methoxy groups -OCH3 is 1. The number of carboxylic acid groups (broad SMARTS) is 2. The molecule has 0 atom stereocenters. The third kappa shape index (κ3) is 15.6. The van der Waals surface area contributed by atoms with Crippen molar-refractivity contribution in [1.82, 2.24) is 5.32 Å². The highest BCUT2D eigenvalue weighted by Crippen LogP contribution is 2.17. The molecule has 1 aromatic rings. The number of hydrogen-bond donors (Lipinski definition) is 3. The van der Waals surface area contributed by atoms with Crippen LogP contribution in [0.1, 0.15) is 6.42 Å². The second-order valence-corrected chi connectivity index (χ2v) is 5.54. The first-order valence-electron chi connectivity index (χ1n) is 7.59. The topological polar surface area (TPSA) is 114 Å². The van der Waals surface area contributed by atoms with Crippen LogP contribution in [0.5, 0.6) is 5.75 Å². The highest BCUT2D eigenvalue weighted by Gasteiger charge is 2.04. The standard InChI is InChI=1S/C14H22BrNO3.C2H2O4/c1-17-8-3-6-16-7-9-18-10-11-19-14-5-2-4-13(15)12-14;3-1(4)2(5)6/h2,4-5,12,16H,3,6-11H2,1H3;(H,3,4)(H,5,6). The summed E-state index contributed by atoms with van der Waals surface area (Å²) >= 11 is 3.40. The summed E-state index contributed by atoms with van der Waals surface area (Å²) in [6.07, 6.45) is 1.03. The van der Waals surface area contributed by atoms with E-state index in [4.69, 9.17) is 34.0 Å². The number of ether oxygens (including phenoxy) is 3. The van der Waals surface area contributed by atoms with Gasteiger partial charge in [0.2, 0.25) is 0 Å². The van der Waals surface area contributed by atoms with Crippen LogP contribution < -0.4 is 10.1 Å². The van der Waals surface area contributed by atoms with Gasteiger partial charge < -0.3 is 29.7 Å². The summed E-state index contributed by atoms with van der Waals surface area (Å²) in [6.45, 7) is 4.50. The normalized spacial score (nSPS) is 9.84. The van der Waals surface area contributed by atoms with E-state index in [2.05, 4.69) is 21.2 Å². The fourth-order valence-corrected chi connectivity index (χ4v) is 1.87. The lowest BCUT2D eigenvalue weighted by atomic mass is 10.3. The minimum absolute atomic E-state index is 0.570. The van der Waals surface area contributed by atoms with Crippen molar-refractivity contribution in [2.24, 2.45) is 0 Å². The first-order chi connectivity index (χ1) is 12.0. The average Bonchev–Trinajstić information content (AvgIpc) is 2.57. The second-order valence-electron chi connectivity index (χ2n) is 4.62. The fraction of sp³-hybridized carbons (Fsp3) is 0.500. The minimum Gasteiger partial charge on any atom is -0.491 e. The summed E-state index contributed by atoms with van der Waals surface area (Å²) in [5, 5.41) is 18.1. The lowest BCUT2D eigenvalue weighted by Crippen LogP contribution is -2.22. The van der Waals surface area contributed by atoms with Gasteiger partial charge in [-0.05, 0) is 31.2 Å². The quantitative estimate of drug-likeness (QED) is 0.364. The van der Waals surface area contributed by atoms with Gasteiger partial charge in [-0.15, -0.1) is 0 Å². The van der Waals surface area contributed by atoms with Crippen LogP contribution in [-0.4, -0.2) is 68.8 Å². The SMILES string of the molecule is COCCCNCCOCCOc1cccc(Br)c1.O=C(O)C(=O)O. The van der Waals surface area contributed by atoms with Crippen LogP contribution in [0, 0.1) is 0 Å². The Morgan fingerprint density at radius 3 is 2.40 bits per heavy atom. The Morgan fingerprint density at radius 1 is 1.08 bits per heavy atom. The van der Waals surface area contributed by atoms with E-state index in [0.717, 1.165) is 36.3 Å². The summed E-state index contributed by atoms with van der Waals surface area (Å²) in [5.74, 6) is -2.79. The molecule has 9 heteroatoms. The van der Waals surface area contributed by atoms with Gasteiger partial charge in [0.25, 0.3) is 0 Å². The van der Waals surface area contributed by atoms with Gasteiger partial charge in [0.15, 0.2) is 0 Å². The molecule has 1 rings (SSSR count). The average molecular weight is 422 g/mol. The van der Waals surface area contributed by atoms with Gasteiger partial charge >= 0.3 is 11.9 Å². The van der Waals surface area contributed by atoms with E-state index in [9.17, 15) is 0 Å². The Balaban J connectivity index is 0.000000823. The molecule has 0 spiro atoms. The molecule has 0 amide bonds. The van der Waals surface area contributed by atoms with Crippen molar-refractivity contribution >= 4 is 27.9 Å². The van der Waals surface area contributed by atoms with Crippen LogP contribution in [0.2, 0.25) is 0 Å². The van der Waals surface area contributed by atoms with Gasteiger partial charge in [0.05, 0.1) is 13.2 Å². The number of aliphatic carboxylic acids is 2. The number of rotatable bonds is 11. The molecule has 0 aliphatic heterocycles. The highest BCUT2D eigenvalue weighted by molar-refractivity contribution is 9.10. The van der Waals surface area contributed by atoms with Gasteiger partial charge in [0, 0.05) is 24.7 Å². The number of carboxylic acids is 2. The molecule has 0 saturated carbocycles. The number of benzene rings is 1. The molecule has 8 nitrogen and oxygen atoms in total. The maximum Gasteiger partial charge on any atom is 0.414 e. The molecule has 0 aliphatic carbocycles. The lowest BCUT2D eigenvalue weighted by Gasteiger charge is -2.08. The smallest absolute Gasteiger partial charge is 0.414 e. The summed E-state index contributed by atoms with van der Waals surface area (Å²) in [4.78, 5) is 18.2. The maximum atomic E-state index is 9.10. The molecule has 1 aromatic carbocycles. The van der Waals surface area contributed by atoms with E-state index in [1.807, 2.05) is 24.3 Å². The minimum atomic E-state index is -1.82. The first kappa shape index (κ1) is 23.3. The van der Waals surface area contributed by atoms with E-state index in [-0.39, 0.29) is 0 Å². The number of hydrogen-bond acceptors (Lipinski definition) is 6. The number of nitrogens with one attached hydrogen (secondary N) is 1. The molecule has 25 heavy (non-hydrogen) atoms. The molecule has 0 heterocycles. The third-order valence-corrected chi connectivity index (χ3v) is 3.09. The molecule has 0 radical (unpaired) electrons. The van der Waals surface area contributed by atoms with E-state index < -0.39 is 11.9 Å². The summed E-state index contributed by atoms with van der Waals surface area (Å²) in [6, 6.07) is 7.79. The Hall–Kier alpha value is -1.68. The first-order valence-corrected chi connectivity index (χ1v) is 8.38. The van der Waals surface area contributed by atoms with Crippen molar-refractivity contribution in [1.29, 1.82) is 0 Å². The largest absolute Gasteiger partial charge is 0.491 e. The van der Waals surface area contributed by atoms with Gasteiger partial charge in [-0.25, -0.2) is 9.59 Å². The van der Waals surface area contributed by atoms with Crippen LogP contribution in [0.3, 0.4) is 0 Å². The Bertz CT molecular complexity index is 487. The van der Waals surface area contributed by atoms with E-state index in [1.54, 1.807) is 7.11 Å². The molecule has 0 aromatic heterocycles. The van der Waals surface area contributed by atoms with Crippen LogP contribution >= 0.6 is 15.9 Å². The zero-order valence-corrected chi connectivity index (χ0v) is 15.7. The lowest BCUT2D eigenvalue weighted by molar-refractivity contribution is -0.159. The third-order valence-electron chi connectivity index (χ3n) is 2.60. The van der Waals surface area contributed by atoms with Crippen molar-refractivity contribution in [3.05, 3.63) is 28.7 Å². The summed E-state index contributed by atoms with van der Waals surface area (Å²) in [5.41, 5.74) is 0. The van der Waals surface area contributed by atoms with E-state index >= 15 is 0 Å². The molecule has 142 valence electrons. The Morgan fingerprint density at radius 2 is 1.80 bits per heavy atom. The predicted molar refractivity (Wildman–Crippen MR) is 95.1 cm³/mol. The van der Waals surface area contributed by atoms with Crippen molar-refractivity contribution in [2.45, 2.75) is 6.42 Å². The van der Waals surface area contributed by atoms with Crippen LogP contribution in [0.25, 0.3) is 0 Å². The van der Waals surface area contributed by atoms with Gasteiger partial charge in [-0.1, -0.05) is 22.0 Å². The summed E-state index contributed by atoms with van der Waals surface area (Å²) in [7, 11) is 1.72. The number of halogens is 1. The van der Waals surface area contributed by atoms with E-state index in [0.29, 0.717) is 19.8 Å². The monoisotopic (exact) mass is 421 g/mol. The number of carbonyl (C=O) groups is 2. The van der Waals surface area contributed by atoms with E-state index in [1.165, 1.54) is 0 Å². The molecular weight excluding hydrogens is 398 g/mol. The molecular formula is C16H24BrNO7. The maximum absolute atomic E-state index is 9.10. The second kappa shape index (κ2) is 15.8. The molecule has 0 aliphatic rings. The molecule has 0 unspecified atom stereocenters. The fourth-order valence-electron chi connectivity index (χ4n) is 1.49. The predicted octanol–water partition coefficient (Wildman–Crippen LogP) is 1.63. The Kier molecular flexibility index (Phi) is 14.8. The van der Waals surface area contributed by atoms with Crippen LogP contribution in [0.15, 0.2) is 28.7 Å². The molecule has 0 saturated heterocycles. The molecule has 0 bridgehead atoms. The van der Waals surface area contributed by atoms with Crippen molar-refractivity contribution in [3.8, 4) is 5.75 Å². The van der Waals surface area contributed by atoms with Gasteiger partial charge in [-0.2, -0.15) is 0 Å². The van der Waals surface area contributed by atoms with Gasteiger partial charge in [0.1, 0.15) is 12.4 Å². The van der Waals surface area contributed by atoms with Crippen LogP contribution in [-0.2, 0) is 19.1 Å². The molecule has 0 fully saturated rings. The zero-order chi connectivity index (χ0) is 18.9.